The van der Waals surface area contributed by atoms with Crippen molar-refractivity contribution in [3.8, 4) is 11.5 Å². The monoisotopic (exact) mass is 181 g/mol. The van der Waals surface area contributed by atoms with Crippen molar-refractivity contribution in [2.24, 2.45) is 5.18 Å². The average Bonchev–Trinajstić information content (AvgIpc) is 2.04. The number of carbonyl (C=O) groups is 1. The molecule has 5 nitrogen and oxygen atoms in total. The third-order valence-electron chi connectivity index (χ3n) is 1.60. The Morgan fingerprint density at radius 1 is 1.38 bits per heavy atom. The smallest absolute Gasteiger partial charge is 0.191 e. The van der Waals surface area contributed by atoms with E-state index in [0.717, 1.165) is 6.07 Å². The maximum Gasteiger partial charge on any atom is 0.191 e. The lowest BCUT2D eigenvalue weighted by Gasteiger charge is -2.02. The van der Waals surface area contributed by atoms with Gasteiger partial charge in [-0.25, -0.2) is 0 Å². The first kappa shape index (κ1) is 9.18. The normalized spacial score (nSPS) is 9.62. The van der Waals surface area contributed by atoms with Gasteiger partial charge in [0.1, 0.15) is 5.75 Å². The van der Waals surface area contributed by atoms with Crippen LogP contribution in [-0.4, -0.2) is 16.0 Å². The quantitative estimate of drug-likeness (QED) is 0.536. The summed E-state index contributed by atoms with van der Waals surface area (Å²) >= 11 is 0. The van der Waals surface area contributed by atoms with Crippen molar-refractivity contribution in [3.05, 3.63) is 22.6 Å². The van der Waals surface area contributed by atoms with Gasteiger partial charge in [-0.2, -0.15) is 0 Å². The molecule has 0 aliphatic heterocycles. The van der Waals surface area contributed by atoms with Crippen molar-refractivity contribution < 1.29 is 15.0 Å². The summed E-state index contributed by atoms with van der Waals surface area (Å²) in [5.41, 5.74) is -0.542. The van der Waals surface area contributed by atoms with Gasteiger partial charge in [0.05, 0.1) is 5.56 Å². The highest BCUT2D eigenvalue weighted by molar-refractivity contribution is 5.98. The number of nitroso groups, excluding NO2 is 1. The molecule has 0 bridgehead atoms. The number of Topliss-reactive ketones (excluding diaryl/α,β-unsaturated/α-hetero) is 1. The summed E-state index contributed by atoms with van der Waals surface area (Å²) in [5, 5.41) is 20.7. The van der Waals surface area contributed by atoms with E-state index in [1.807, 2.05) is 0 Å². The third kappa shape index (κ3) is 1.48. The van der Waals surface area contributed by atoms with Crippen LogP contribution in [0.5, 0.6) is 11.5 Å². The standard InChI is InChI=1S/C8H7NO4/c1-4(10)5-2-3-6(11)7(9-13)8(5)12/h2-3,11-12H,1H3. The molecule has 5 heteroatoms. The summed E-state index contributed by atoms with van der Waals surface area (Å²) in [6, 6.07) is 2.36. The molecule has 0 fully saturated rings. The van der Waals surface area contributed by atoms with Crippen LogP contribution >= 0.6 is 0 Å². The minimum atomic E-state index is -0.581. The number of hydrogen-bond donors (Lipinski definition) is 2. The predicted molar refractivity (Wildman–Crippen MR) is 45.2 cm³/mol. The zero-order chi connectivity index (χ0) is 10.0. The average molecular weight is 181 g/mol. The van der Waals surface area contributed by atoms with E-state index in [2.05, 4.69) is 5.18 Å². The number of carbonyl (C=O) groups excluding carboxylic acids is 1. The van der Waals surface area contributed by atoms with Gasteiger partial charge >= 0.3 is 0 Å². The van der Waals surface area contributed by atoms with Crippen LogP contribution in [0.2, 0.25) is 0 Å². The second-order valence-corrected chi connectivity index (χ2v) is 2.48. The van der Waals surface area contributed by atoms with Gasteiger partial charge in [0, 0.05) is 0 Å². The molecule has 0 radical (unpaired) electrons. The zero-order valence-corrected chi connectivity index (χ0v) is 6.81. The molecular weight excluding hydrogens is 174 g/mol. The molecule has 0 spiro atoms. The van der Waals surface area contributed by atoms with Gasteiger partial charge in [-0.05, 0) is 24.2 Å². The van der Waals surface area contributed by atoms with Crippen molar-refractivity contribution in [1.29, 1.82) is 0 Å². The molecule has 0 unspecified atom stereocenters. The molecule has 1 aromatic carbocycles. The first-order chi connectivity index (χ1) is 6.07. The molecular formula is C8H7NO4. The predicted octanol–water partition coefficient (Wildman–Crippen LogP) is 1.70. The van der Waals surface area contributed by atoms with E-state index >= 15 is 0 Å². The van der Waals surface area contributed by atoms with Gasteiger partial charge < -0.3 is 10.2 Å². The molecule has 13 heavy (non-hydrogen) atoms. The molecule has 0 saturated carbocycles. The van der Waals surface area contributed by atoms with E-state index in [1.54, 1.807) is 0 Å². The topological polar surface area (TPSA) is 87.0 Å². The Hall–Kier alpha value is -1.91. The number of ketones is 1. The van der Waals surface area contributed by atoms with E-state index in [9.17, 15) is 14.8 Å². The molecule has 0 heterocycles. The fourth-order valence-electron chi connectivity index (χ4n) is 0.943. The van der Waals surface area contributed by atoms with Crippen LogP contribution < -0.4 is 0 Å². The van der Waals surface area contributed by atoms with Gasteiger partial charge in [0.2, 0.25) is 0 Å². The van der Waals surface area contributed by atoms with Crippen LogP contribution in [0.1, 0.15) is 17.3 Å². The summed E-state index contributed by atoms with van der Waals surface area (Å²) in [7, 11) is 0. The molecule has 0 aliphatic rings. The fourth-order valence-corrected chi connectivity index (χ4v) is 0.943. The maximum atomic E-state index is 10.9. The van der Waals surface area contributed by atoms with Crippen molar-refractivity contribution in [2.75, 3.05) is 0 Å². The largest absolute Gasteiger partial charge is 0.505 e. The molecule has 0 aromatic heterocycles. The SMILES string of the molecule is CC(=O)c1ccc(O)c(N=O)c1O. The number of nitrogens with zero attached hydrogens (tertiary/aromatic N) is 1. The second-order valence-electron chi connectivity index (χ2n) is 2.48. The van der Waals surface area contributed by atoms with Crippen LogP contribution in [0.15, 0.2) is 17.3 Å². The molecule has 0 aliphatic carbocycles. The lowest BCUT2D eigenvalue weighted by Crippen LogP contribution is -1.92. The van der Waals surface area contributed by atoms with Crippen LogP contribution in [0.25, 0.3) is 0 Å². The molecule has 2 N–H and O–H groups in total. The number of hydrogen-bond acceptors (Lipinski definition) is 5. The van der Waals surface area contributed by atoms with E-state index in [4.69, 9.17) is 5.11 Å². The summed E-state index contributed by atoms with van der Waals surface area (Å²) < 4.78 is 0. The summed E-state index contributed by atoms with van der Waals surface area (Å²) in [6.07, 6.45) is 0. The first-order valence-corrected chi connectivity index (χ1v) is 3.47. The van der Waals surface area contributed by atoms with E-state index in [0.29, 0.717) is 0 Å². The highest BCUT2D eigenvalue weighted by Gasteiger charge is 2.15. The van der Waals surface area contributed by atoms with E-state index in [1.165, 1.54) is 13.0 Å². The highest BCUT2D eigenvalue weighted by Crippen LogP contribution is 2.38. The molecule has 0 atom stereocenters. The van der Waals surface area contributed by atoms with Crippen LogP contribution in [0, 0.1) is 4.91 Å². The number of aromatic hydroxyl groups is 2. The van der Waals surface area contributed by atoms with Crippen molar-refractivity contribution in [1.82, 2.24) is 0 Å². The lowest BCUT2D eigenvalue weighted by atomic mass is 10.1. The van der Waals surface area contributed by atoms with E-state index < -0.39 is 23.0 Å². The fraction of sp³-hybridized carbons (Fsp3) is 0.125. The van der Waals surface area contributed by atoms with Crippen LogP contribution in [0.4, 0.5) is 5.69 Å². The van der Waals surface area contributed by atoms with E-state index in [-0.39, 0.29) is 5.56 Å². The number of phenols is 2. The van der Waals surface area contributed by atoms with Crippen LogP contribution in [-0.2, 0) is 0 Å². The first-order valence-electron chi connectivity index (χ1n) is 3.47. The Morgan fingerprint density at radius 3 is 2.46 bits per heavy atom. The van der Waals surface area contributed by atoms with Crippen molar-refractivity contribution in [3.63, 3.8) is 0 Å². The maximum absolute atomic E-state index is 10.9. The Balaban J connectivity index is 3.44. The highest BCUT2D eigenvalue weighted by atomic mass is 16.3. The third-order valence-corrected chi connectivity index (χ3v) is 1.60. The molecule has 0 amide bonds. The van der Waals surface area contributed by atoms with Gasteiger partial charge in [0.25, 0.3) is 0 Å². The summed E-state index contributed by atoms with van der Waals surface area (Å²) in [5.74, 6) is -1.43. The second kappa shape index (κ2) is 3.22. The van der Waals surface area contributed by atoms with Gasteiger partial charge in [-0.1, -0.05) is 0 Å². The number of benzene rings is 1. The Morgan fingerprint density at radius 2 is 2.00 bits per heavy atom. The van der Waals surface area contributed by atoms with Gasteiger partial charge in [-0.15, -0.1) is 4.91 Å². The minimum absolute atomic E-state index is 0.0348. The summed E-state index contributed by atoms with van der Waals surface area (Å²) in [4.78, 5) is 21.0. The zero-order valence-electron chi connectivity index (χ0n) is 6.81. The molecule has 1 aromatic rings. The summed E-state index contributed by atoms with van der Waals surface area (Å²) in [6.45, 7) is 1.24. The Labute approximate surface area is 73.6 Å². The lowest BCUT2D eigenvalue weighted by molar-refractivity contribution is 0.101. The van der Waals surface area contributed by atoms with Crippen LogP contribution in [0.3, 0.4) is 0 Å². The minimum Gasteiger partial charge on any atom is -0.505 e. The Kier molecular flexibility index (Phi) is 2.27. The molecule has 1 rings (SSSR count). The number of phenolic OH excluding ortho intramolecular Hbond substituents is 2. The Bertz CT molecular complexity index is 373. The number of rotatable bonds is 2. The van der Waals surface area contributed by atoms with Crippen molar-refractivity contribution >= 4 is 11.5 Å². The molecule has 0 saturated heterocycles. The van der Waals surface area contributed by atoms with Gasteiger partial charge in [0.15, 0.2) is 17.2 Å². The molecule has 68 valence electrons. The van der Waals surface area contributed by atoms with Gasteiger partial charge in [-0.3, -0.25) is 4.79 Å². The van der Waals surface area contributed by atoms with Crippen molar-refractivity contribution in [2.45, 2.75) is 6.92 Å².